The number of ether oxygens (including phenoxy) is 1. The highest BCUT2D eigenvalue weighted by atomic mass is 16.5. The molecule has 0 aromatic carbocycles. The first-order chi connectivity index (χ1) is 8.49. The lowest BCUT2D eigenvalue weighted by Gasteiger charge is -2.37. The minimum Gasteiger partial charge on any atom is -0.480 e. The lowest BCUT2D eigenvalue weighted by Crippen LogP contribution is -2.54. The standard InChI is InChI=1S/C11H21N3O4/c1-13-3-4-14(2)9(6-13)5-12-10(15)7-18-8-11(16)17/h9H,3-8H2,1-2H3,(H,12,15)(H,16,17). The summed E-state index contributed by atoms with van der Waals surface area (Å²) < 4.78 is 4.71. The van der Waals surface area contributed by atoms with Gasteiger partial charge in [0.05, 0.1) is 0 Å². The van der Waals surface area contributed by atoms with Gasteiger partial charge in [0.1, 0.15) is 13.2 Å². The van der Waals surface area contributed by atoms with E-state index in [1.165, 1.54) is 0 Å². The smallest absolute Gasteiger partial charge is 0.329 e. The molecule has 0 aliphatic carbocycles. The first-order valence-electron chi connectivity index (χ1n) is 5.94. The molecule has 0 bridgehead atoms. The Morgan fingerprint density at radius 1 is 1.33 bits per heavy atom. The molecule has 1 unspecified atom stereocenters. The van der Waals surface area contributed by atoms with E-state index in [-0.39, 0.29) is 18.6 Å². The maximum atomic E-state index is 11.4. The normalized spacial score (nSPS) is 21.8. The van der Waals surface area contributed by atoms with Crippen LogP contribution >= 0.6 is 0 Å². The van der Waals surface area contributed by atoms with E-state index in [1.54, 1.807) is 0 Å². The summed E-state index contributed by atoms with van der Waals surface area (Å²) in [5, 5.41) is 11.1. The summed E-state index contributed by atoms with van der Waals surface area (Å²) in [6.45, 7) is 2.82. The summed E-state index contributed by atoms with van der Waals surface area (Å²) >= 11 is 0. The highest BCUT2D eigenvalue weighted by molar-refractivity contribution is 5.77. The number of carbonyl (C=O) groups excluding carboxylic acids is 1. The van der Waals surface area contributed by atoms with E-state index in [2.05, 4.69) is 22.2 Å². The van der Waals surface area contributed by atoms with Gasteiger partial charge in [-0.05, 0) is 14.1 Å². The molecule has 0 saturated carbocycles. The van der Waals surface area contributed by atoms with Crippen molar-refractivity contribution in [2.45, 2.75) is 6.04 Å². The van der Waals surface area contributed by atoms with E-state index in [0.29, 0.717) is 6.54 Å². The van der Waals surface area contributed by atoms with Crippen LogP contribution < -0.4 is 5.32 Å². The van der Waals surface area contributed by atoms with Gasteiger partial charge in [-0.1, -0.05) is 0 Å². The second kappa shape index (κ2) is 7.30. The molecule has 0 radical (unpaired) electrons. The highest BCUT2D eigenvalue weighted by Gasteiger charge is 2.22. The van der Waals surface area contributed by atoms with Gasteiger partial charge in [0.2, 0.25) is 5.91 Å². The van der Waals surface area contributed by atoms with Gasteiger partial charge in [0.25, 0.3) is 0 Å². The molecule has 2 N–H and O–H groups in total. The number of rotatable bonds is 6. The van der Waals surface area contributed by atoms with Crippen molar-refractivity contribution >= 4 is 11.9 Å². The number of amides is 1. The quantitative estimate of drug-likeness (QED) is 0.601. The SMILES string of the molecule is CN1CCN(C)C(CNC(=O)COCC(=O)O)C1. The van der Waals surface area contributed by atoms with Crippen LogP contribution in [0.25, 0.3) is 0 Å². The van der Waals surface area contributed by atoms with Gasteiger partial charge in [-0.25, -0.2) is 4.79 Å². The predicted octanol–water partition coefficient (Wildman–Crippen LogP) is -1.55. The summed E-state index contributed by atoms with van der Waals surface area (Å²) in [4.78, 5) is 26.0. The average Bonchev–Trinajstić information content (AvgIpc) is 2.30. The van der Waals surface area contributed by atoms with Gasteiger partial charge in [0.15, 0.2) is 0 Å². The summed E-state index contributed by atoms with van der Waals surface area (Å²) in [5.41, 5.74) is 0. The number of nitrogens with zero attached hydrogens (tertiary/aromatic N) is 2. The summed E-state index contributed by atoms with van der Waals surface area (Å²) in [7, 11) is 4.09. The molecule has 104 valence electrons. The van der Waals surface area contributed by atoms with E-state index in [1.807, 2.05) is 7.05 Å². The van der Waals surface area contributed by atoms with Crippen LogP contribution in [-0.2, 0) is 14.3 Å². The Bertz CT molecular complexity index is 298. The predicted molar refractivity (Wildman–Crippen MR) is 65.4 cm³/mol. The van der Waals surface area contributed by atoms with Crippen LogP contribution in [0.1, 0.15) is 0 Å². The average molecular weight is 259 g/mol. The molecule has 7 heteroatoms. The third-order valence-electron chi connectivity index (χ3n) is 2.97. The second-order valence-corrected chi connectivity index (χ2v) is 4.59. The Kier molecular flexibility index (Phi) is 6.03. The van der Waals surface area contributed by atoms with Crippen LogP contribution in [-0.4, -0.2) is 86.3 Å². The fourth-order valence-corrected chi connectivity index (χ4v) is 1.84. The molecule has 1 fully saturated rings. The molecular formula is C11H21N3O4. The third-order valence-corrected chi connectivity index (χ3v) is 2.97. The van der Waals surface area contributed by atoms with Crippen molar-refractivity contribution in [2.75, 3.05) is 53.5 Å². The highest BCUT2D eigenvalue weighted by Crippen LogP contribution is 2.04. The molecule has 18 heavy (non-hydrogen) atoms. The molecule has 7 nitrogen and oxygen atoms in total. The van der Waals surface area contributed by atoms with Crippen LogP contribution in [0.15, 0.2) is 0 Å². The van der Waals surface area contributed by atoms with E-state index in [9.17, 15) is 9.59 Å². The lowest BCUT2D eigenvalue weighted by molar-refractivity contribution is -0.143. The minimum absolute atomic E-state index is 0.210. The molecule has 1 rings (SSSR count). The molecular weight excluding hydrogens is 238 g/mol. The number of aliphatic carboxylic acids is 1. The molecule has 1 atom stereocenters. The molecule has 1 amide bonds. The van der Waals surface area contributed by atoms with Crippen molar-refractivity contribution in [3.8, 4) is 0 Å². The zero-order valence-electron chi connectivity index (χ0n) is 10.9. The van der Waals surface area contributed by atoms with Gasteiger partial charge in [-0.15, -0.1) is 0 Å². The van der Waals surface area contributed by atoms with Crippen molar-refractivity contribution in [2.24, 2.45) is 0 Å². The fraction of sp³-hybridized carbons (Fsp3) is 0.818. The van der Waals surface area contributed by atoms with Crippen molar-refractivity contribution in [3.05, 3.63) is 0 Å². The first-order valence-corrected chi connectivity index (χ1v) is 5.94. The number of hydrogen-bond acceptors (Lipinski definition) is 5. The Hall–Kier alpha value is -1.18. The van der Waals surface area contributed by atoms with Crippen molar-refractivity contribution in [1.82, 2.24) is 15.1 Å². The topological polar surface area (TPSA) is 82.1 Å². The van der Waals surface area contributed by atoms with Crippen LogP contribution in [0.5, 0.6) is 0 Å². The largest absolute Gasteiger partial charge is 0.480 e. The lowest BCUT2D eigenvalue weighted by atomic mass is 10.2. The minimum atomic E-state index is -1.07. The zero-order chi connectivity index (χ0) is 13.5. The van der Waals surface area contributed by atoms with Gasteiger partial charge in [-0.2, -0.15) is 0 Å². The van der Waals surface area contributed by atoms with E-state index < -0.39 is 12.6 Å². The number of piperazine rings is 1. The van der Waals surface area contributed by atoms with Crippen LogP contribution in [0.3, 0.4) is 0 Å². The van der Waals surface area contributed by atoms with E-state index >= 15 is 0 Å². The van der Waals surface area contributed by atoms with Crippen LogP contribution in [0.4, 0.5) is 0 Å². The Morgan fingerprint density at radius 3 is 2.72 bits per heavy atom. The fourth-order valence-electron chi connectivity index (χ4n) is 1.84. The number of hydrogen-bond donors (Lipinski definition) is 2. The Labute approximate surface area is 107 Å². The van der Waals surface area contributed by atoms with Crippen molar-refractivity contribution in [1.29, 1.82) is 0 Å². The maximum absolute atomic E-state index is 11.4. The van der Waals surface area contributed by atoms with Crippen molar-refractivity contribution < 1.29 is 19.4 Å². The van der Waals surface area contributed by atoms with E-state index in [4.69, 9.17) is 9.84 Å². The molecule has 1 heterocycles. The van der Waals surface area contributed by atoms with Crippen LogP contribution in [0, 0.1) is 0 Å². The Balaban J connectivity index is 2.18. The molecule has 0 spiro atoms. The molecule has 1 aliphatic heterocycles. The molecule has 1 aliphatic rings. The van der Waals surface area contributed by atoms with Gasteiger partial charge < -0.3 is 20.1 Å². The third kappa shape index (κ3) is 5.44. The van der Waals surface area contributed by atoms with E-state index in [0.717, 1.165) is 19.6 Å². The van der Waals surface area contributed by atoms with Gasteiger partial charge in [-0.3, -0.25) is 9.69 Å². The number of carboxylic acid groups (broad SMARTS) is 1. The number of nitrogens with one attached hydrogen (secondary N) is 1. The summed E-state index contributed by atoms with van der Waals surface area (Å²) in [6.07, 6.45) is 0. The van der Waals surface area contributed by atoms with Crippen molar-refractivity contribution in [3.63, 3.8) is 0 Å². The first kappa shape index (κ1) is 14.9. The monoisotopic (exact) mass is 259 g/mol. The zero-order valence-corrected chi connectivity index (χ0v) is 10.9. The molecule has 1 saturated heterocycles. The molecule has 0 aromatic heterocycles. The van der Waals surface area contributed by atoms with Gasteiger partial charge in [0, 0.05) is 32.2 Å². The maximum Gasteiger partial charge on any atom is 0.329 e. The molecule has 0 aromatic rings. The Morgan fingerprint density at radius 2 is 2.06 bits per heavy atom. The van der Waals surface area contributed by atoms with Gasteiger partial charge >= 0.3 is 5.97 Å². The number of likely N-dealkylation sites (N-methyl/N-ethyl adjacent to an activating group) is 2. The summed E-state index contributed by atoms with van der Waals surface area (Å²) in [5.74, 6) is -1.35. The number of carboxylic acids is 1. The van der Waals surface area contributed by atoms with Crippen LogP contribution in [0.2, 0.25) is 0 Å². The second-order valence-electron chi connectivity index (χ2n) is 4.59. The number of carbonyl (C=O) groups is 2. The summed E-state index contributed by atoms with van der Waals surface area (Å²) in [6, 6.07) is 0.284.